The number of rotatable bonds is 3. The average molecular weight is 380 g/mol. The summed E-state index contributed by atoms with van der Waals surface area (Å²) < 4.78 is 0. The number of anilines is 1. The van der Waals surface area contributed by atoms with Crippen LogP contribution in [0, 0.1) is 0 Å². The summed E-state index contributed by atoms with van der Waals surface area (Å²) in [6.07, 6.45) is 0. The molecule has 3 aromatic rings. The van der Waals surface area contributed by atoms with Gasteiger partial charge in [-0.05, 0) is 23.8 Å². The maximum absolute atomic E-state index is 6.21. The number of hydroxylamine groups is 1. The van der Waals surface area contributed by atoms with Gasteiger partial charge in [0.2, 0.25) is 0 Å². The highest BCUT2D eigenvalue weighted by Gasteiger charge is 2.42. The largest absolute Gasteiger partial charge is 0.379 e. The summed E-state index contributed by atoms with van der Waals surface area (Å²) in [5.41, 5.74) is 3.42. The lowest BCUT2D eigenvalue weighted by molar-refractivity contribution is 0.228. The monoisotopic (exact) mass is 379 g/mol. The quantitative estimate of drug-likeness (QED) is 0.581. The molecule has 0 aromatic heterocycles. The third kappa shape index (κ3) is 2.49. The summed E-state index contributed by atoms with van der Waals surface area (Å²) in [5.74, 6) is 0.913. The topological polar surface area (TPSA) is 12.5 Å². The Labute approximate surface area is 150 Å². The van der Waals surface area contributed by atoms with Crippen molar-refractivity contribution in [2.45, 2.75) is 5.41 Å². The highest BCUT2D eigenvalue weighted by Crippen LogP contribution is 2.44. The molecule has 0 radical (unpaired) electrons. The number of halogens is 1. The van der Waals surface area contributed by atoms with E-state index < -0.39 is 0 Å². The Morgan fingerprint density at radius 1 is 0.833 bits per heavy atom. The van der Waals surface area contributed by atoms with Crippen LogP contribution in [0.2, 0.25) is 0 Å². The normalized spacial score (nSPS) is 19.5. The zero-order valence-corrected chi connectivity index (χ0v) is 14.8. The number of hydrogen-bond acceptors (Lipinski definition) is 2. The van der Waals surface area contributed by atoms with E-state index in [2.05, 4.69) is 70.5 Å². The molecule has 0 saturated carbocycles. The Bertz CT molecular complexity index is 822. The SMILES string of the molecule is BrCC1(c2ccccc2)CN(c2ccccc2)Oc2ccccc21. The van der Waals surface area contributed by atoms with E-state index in [1.54, 1.807) is 0 Å². The fourth-order valence-corrected chi connectivity index (χ4v) is 4.16. The van der Waals surface area contributed by atoms with Gasteiger partial charge in [0.1, 0.15) is 0 Å². The third-order valence-corrected chi connectivity index (χ3v) is 5.58. The summed E-state index contributed by atoms with van der Waals surface area (Å²) in [7, 11) is 0. The van der Waals surface area contributed by atoms with Crippen LogP contribution in [0.1, 0.15) is 11.1 Å². The van der Waals surface area contributed by atoms with E-state index in [0.29, 0.717) is 0 Å². The van der Waals surface area contributed by atoms with Crippen molar-refractivity contribution in [2.75, 3.05) is 16.9 Å². The maximum atomic E-state index is 6.21. The van der Waals surface area contributed by atoms with E-state index in [4.69, 9.17) is 4.84 Å². The van der Waals surface area contributed by atoms with Crippen LogP contribution < -0.4 is 9.90 Å². The van der Waals surface area contributed by atoms with Gasteiger partial charge < -0.3 is 4.84 Å². The van der Waals surface area contributed by atoms with E-state index >= 15 is 0 Å². The molecule has 0 N–H and O–H groups in total. The minimum Gasteiger partial charge on any atom is -0.379 e. The first-order valence-electron chi connectivity index (χ1n) is 8.05. The fraction of sp³-hybridized carbons (Fsp3) is 0.143. The predicted octanol–water partition coefficient (Wildman–Crippen LogP) is 5.18. The Balaban J connectivity index is 1.88. The minimum atomic E-state index is -0.161. The van der Waals surface area contributed by atoms with Crippen LogP contribution in [0.4, 0.5) is 5.69 Å². The first-order valence-corrected chi connectivity index (χ1v) is 9.17. The number of para-hydroxylation sites is 2. The lowest BCUT2D eigenvalue weighted by Crippen LogP contribution is -2.49. The molecule has 0 bridgehead atoms. The second-order valence-electron chi connectivity index (χ2n) is 6.04. The van der Waals surface area contributed by atoms with Crippen LogP contribution in [0.3, 0.4) is 0 Å². The number of fused-ring (bicyclic) bond motifs is 1. The molecule has 1 atom stereocenters. The summed E-state index contributed by atoms with van der Waals surface area (Å²) in [4.78, 5) is 6.21. The van der Waals surface area contributed by atoms with E-state index in [0.717, 1.165) is 23.3 Å². The van der Waals surface area contributed by atoms with Gasteiger partial charge in [0.05, 0.1) is 17.6 Å². The van der Waals surface area contributed by atoms with Crippen LogP contribution in [0.5, 0.6) is 5.75 Å². The fourth-order valence-electron chi connectivity index (χ4n) is 3.36. The molecule has 4 rings (SSSR count). The van der Waals surface area contributed by atoms with Gasteiger partial charge in [-0.1, -0.05) is 82.7 Å². The lowest BCUT2D eigenvalue weighted by Gasteiger charge is -2.43. The first kappa shape index (κ1) is 15.3. The Hall–Kier alpha value is -2.26. The average Bonchev–Trinajstić information content (AvgIpc) is 2.68. The van der Waals surface area contributed by atoms with Crippen molar-refractivity contribution in [1.82, 2.24) is 0 Å². The minimum absolute atomic E-state index is 0.161. The van der Waals surface area contributed by atoms with Crippen LogP contribution in [-0.4, -0.2) is 11.9 Å². The van der Waals surface area contributed by atoms with Crippen LogP contribution in [-0.2, 0) is 5.41 Å². The molecule has 0 aliphatic carbocycles. The third-order valence-electron chi connectivity index (χ3n) is 4.62. The van der Waals surface area contributed by atoms with Gasteiger partial charge in [-0.3, -0.25) is 0 Å². The molecular weight excluding hydrogens is 362 g/mol. The van der Waals surface area contributed by atoms with Gasteiger partial charge in [-0.15, -0.1) is 0 Å². The van der Waals surface area contributed by atoms with E-state index in [9.17, 15) is 0 Å². The van der Waals surface area contributed by atoms with Gasteiger partial charge in [-0.2, -0.15) is 0 Å². The van der Waals surface area contributed by atoms with Crippen LogP contribution >= 0.6 is 15.9 Å². The molecule has 24 heavy (non-hydrogen) atoms. The summed E-state index contributed by atoms with van der Waals surface area (Å²) in [6, 6.07) is 29.3. The van der Waals surface area contributed by atoms with E-state index in [1.807, 2.05) is 35.4 Å². The van der Waals surface area contributed by atoms with Crippen molar-refractivity contribution in [3.63, 3.8) is 0 Å². The van der Waals surface area contributed by atoms with E-state index in [1.165, 1.54) is 11.1 Å². The van der Waals surface area contributed by atoms with Gasteiger partial charge in [-0.25, -0.2) is 5.06 Å². The van der Waals surface area contributed by atoms with Gasteiger partial charge in [0.15, 0.2) is 5.75 Å². The maximum Gasteiger partial charge on any atom is 0.159 e. The van der Waals surface area contributed by atoms with Crippen molar-refractivity contribution in [1.29, 1.82) is 0 Å². The molecule has 120 valence electrons. The molecule has 1 heterocycles. The van der Waals surface area contributed by atoms with E-state index in [-0.39, 0.29) is 5.41 Å². The number of nitrogens with zero attached hydrogens (tertiary/aromatic N) is 1. The molecule has 3 aromatic carbocycles. The van der Waals surface area contributed by atoms with Crippen molar-refractivity contribution in [3.8, 4) is 5.75 Å². The summed E-state index contributed by atoms with van der Waals surface area (Å²) >= 11 is 3.79. The van der Waals surface area contributed by atoms with Crippen LogP contribution in [0.25, 0.3) is 0 Å². The summed E-state index contributed by atoms with van der Waals surface area (Å²) in [6.45, 7) is 0.753. The number of hydrogen-bond donors (Lipinski definition) is 0. The Morgan fingerprint density at radius 3 is 2.17 bits per heavy atom. The van der Waals surface area contributed by atoms with Crippen molar-refractivity contribution < 1.29 is 4.84 Å². The van der Waals surface area contributed by atoms with Gasteiger partial charge >= 0.3 is 0 Å². The summed E-state index contributed by atoms with van der Waals surface area (Å²) in [5, 5.41) is 2.82. The smallest absolute Gasteiger partial charge is 0.159 e. The second-order valence-corrected chi connectivity index (χ2v) is 6.60. The standard InChI is InChI=1S/C21H18BrNO/c22-15-21(17-9-3-1-4-10-17)16-23(18-11-5-2-6-12-18)24-20-14-8-7-13-19(20)21/h1-14H,15-16H2. The Morgan fingerprint density at radius 2 is 1.46 bits per heavy atom. The molecule has 0 saturated heterocycles. The zero-order chi connectivity index (χ0) is 16.4. The van der Waals surface area contributed by atoms with Gasteiger partial charge in [0.25, 0.3) is 0 Å². The van der Waals surface area contributed by atoms with Crippen LogP contribution in [0.15, 0.2) is 84.9 Å². The molecular formula is C21H18BrNO. The highest BCUT2D eigenvalue weighted by atomic mass is 79.9. The van der Waals surface area contributed by atoms with Crippen molar-refractivity contribution >= 4 is 21.6 Å². The lowest BCUT2D eigenvalue weighted by atomic mass is 9.75. The molecule has 1 unspecified atom stereocenters. The molecule has 1 aliphatic rings. The Kier molecular flexibility index (Phi) is 4.03. The zero-order valence-electron chi connectivity index (χ0n) is 13.2. The highest BCUT2D eigenvalue weighted by molar-refractivity contribution is 9.09. The second kappa shape index (κ2) is 6.33. The molecule has 1 aliphatic heterocycles. The van der Waals surface area contributed by atoms with Crippen molar-refractivity contribution in [2.24, 2.45) is 0 Å². The van der Waals surface area contributed by atoms with Crippen molar-refractivity contribution in [3.05, 3.63) is 96.1 Å². The molecule has 0 spiro atoms. The molecule has 0 amide bonds. The van der Waals surface area contributed by atoms with Gasteiger partial charge in [0, 0.05) is 10.9 Å². The number of benzene rings is 3. The number of alkyl halides is 1. The first-order chi connectivity index (χ1) is 11.8. The molecule has 3 heteroatoms. The molecule has 0 fully saturated rings. The predicted molar refractivity (Wildman–Crippen MR) is 102 cm³/mol. The molecule has 2 nitrogen and oxygen atoms in total.